The Labute approximate surface area is 80.8 Å². The van der Waals surface area contributed by atoms with Crippen LogP contribution in [0.3, 0.4) is 0 Å². The van der Waals surface area contributed by atoms with Crippen molar-refractivity contribution < 1.29 is 9.47 Å². The van der Waals surface area contributed by atoms with Crippen LogP contribution in [0.15, 0.2) is 0 Å². The quantitative estimate of drug-likeness (QED) is 0.637. The molecule has 1 rings (SSSR count). The maximum absolute atomic E-state index is 5.49. The van der Waals surface area contributed by atoms with E-state index in [1.807, 2.05) is 13.8 Å². The third kappa shape index (κ3) is 4.07. The number of ether oxygens (including phenoxy) is 2. The second kappa shape index (κ2) is 6.35. The van der Waals surface area contributed by atoms with Crippen molar-refractivity contribution in [3.63, 3.8) is 0 Å². The zero-order valence-corrected chi connectivity index (χ0v) is 8.71. The standard InChI is InChI=1S/C10H21NO2/c1-3-12-10(13-4-2)7-9-5-6-11-8-9/h9-11H,3-8H2,1-2H3. The van der Waals surface area contributed by atoms with E-state index in [2.05, 4.69) is 5.32 Å². The molecule has 0 amide bonds. The lowest BCUT2D eigenvalue weighted by Gasteiger charge is -2.19. The first-order valence-electron chi connectivity index (χ1n) is 5.30. The SMILES string of the molecule is CCOC(CC1CCNC1)OCC. The van der Waals surface area contributed by atoms with Crippen LogP contribution >= 0.6 is 0 Å². The van der Waals surface area contributed by atoms with Gasteiger partial charge >= 0.3 is 0 Å². The highest BCUT2D eigenvalue weighted by molar-refractivity contribution is 4.72. The fraction of sp³-hybridized carbons (Fsp3) is 1.00. The predicted molar refractivity (Wildman–Crippen MR) is 52.6 cm³/mol. The summed E-state index contributed by atoms with van der Waals surface area (Å²) in [4.78, 5) is 0. The Morgan fingerprint density at radius 1 is 1.31 bits per heavy atom. The van der Waals surface area contributed by atoms with Crippen molar-refractivity contribution in [3.05, 3.63) is 0 Å². The maximum Gasteiger partial charge on any atom is 0.157 e. The number of hydrogen-bond acceptors (Lipinski definition) is 3. The molecule has 1 heterocycles. The molecule has 1 unspecified atom stereocenters. The molecule has 1 aliphatic rings. The molecule has 0 aromatic rings. The van der Waals surface area contributed by atoms with E-state index in [1.54, 1.807) is 0 Å². The number of nitrogens with one attached hydrogen (secondary N) is 1. The van der Waals surface area contributed by atoms with E-state index in [0.717, 1.165) is 38.6 Å². The predicted octanol–water partition coefficient (Wildman–Crippen LogP) is 1.39. The molecule has 1 N–H and O–H groups in total. The van der Waals surface area contributed by atoms with Gasteiger partial charge in [0.1, 0.15) is 0 Å². The number of rotatable bonds is 6. The molecule has 0 aromatic carbocycles. The molecule has 0 bridgehead atoms. The second-order valence-corrected chi connectivity index (χ2v) is 3.43. The summed E-state index contributed by atoms with van der Waals surface area (Å²) < 4.78 is 11.0. The molecule has 0 saturated carbocycles. The van der Waals surface area contributed by atoms with E-state index in [1.165, 1.54) is 6.42 Å². The van der Waals surface area contributed by atoms with E-state index in [4.69, 9.17) is 9.47 Å². The molecule has 3 nitrogen and oxygen atoms in total. The summed E-state index contributed by atoms with van der Waals surface area (Å²) in [6, 6.07) is 0. The zero-order valence-electron chi connectivity index (χ0n) is 8.71. The lowest BCUT2D eigenvalue weighted by molar-refractivity contribution is -0.145. The molecular formula is C10H21NO2. The Morgan fingerprint density at radius 3 is 2.46 bits per heavy atom. The van der Waals surface area contributed by atoms with Crippen LogP contribution in [0, 0.1) is 5.92 Å². The van der Waals surface area contributed by atoms with Crippen molar-refractivity contribution in [1.29, 1.82) is 0 Å². The van der Waals surface area contributed by atoms with Gasteiger partial charge in [0.25, 0.3) is 0 Å². The molecule has 13 heavy (non-hydrogen) atoms. The van der Waals surface area contributed by atoms with E-state index in [-0.39, 0.29) is 6.29 Å². The fourth-order valence-electron chi connectivity index (χ4n) is 1.74. The Kier molecular flexibility index (Phi) is 5.35. The Morgan fingerprint density at radius 2 is 2.00 bits per heavy atom. The van der Waals surface area contributed by atoms with Crippen LogP contribution in [-0.2, 0) is 9.47 Å². The summed E-state index contributed by atoms with van der Waals surface area (Å²) in [6.07, 6.45) is 2.31. The minimum Gasteiger partial charge on any atom is -0.353 e. The minimum atomic E-state index is 0.0138. The van der Waals surface area contributed by atoms with Crippen LogP contribution in [-0.4, -0.2) is 32.6 Å². The van der Waals surface area contributed by atoms with Crippen LogP contribution in [0.4, 0.5) is 0 Å². The van der Waals surface area contributed by atoms with Gasteiger partial charge in [-0.05, 0) is 39.3 Å². The number of hydrogen-bond donors (Lipinski definition) is 1. The minimum absolute atomic E-state index is 0.0138. The molecule has 1 fully saturated rings. The molecule has 0 spiro atoms. The highest BCUT2D eigenvalue weighted by Crippen LogP contribution is 2.16. The van der Waals surface area contributed by atoms with Gasteiger partial charge in [0, 0.05) is 19.6 Å². The molecule has 78 valence electrons. The van der Waals surface area contributed by atoms with Crippen molar-refractivity contribution in [1.82, 2.24) is 5.32 Å². The molecular weight excluding hydrogens is 166 g/mol. The molecule has 0 aliphatic carbocycles. The van der Waals surface area contributed by atoms with Gasteiger partial charge in [-0.3, -0.25) is 0 Å². The first-order valence-corrected chi connectivity index (χ1v) is 5.30. The largest absolute Gasteiger partial charge is 0.353 e. The van der Waals surface area contributed by atoms with E-state index < -0.39 is 0 Å². The lowest BCUT2D eigenvalue weighted by atomic mass is 10.1. The third-order valence-corrected chi connectivity index (χ3v) is 2.39. The monoisotopic (exact) mass is 187 g/mol. The molecule has 3 heteroatoms. The maximum atomic E-state index is 5.49. The van der Waals surface area contributed by atoms with Gasteiger partial charge in [-0.2, -0.15) is 0 Å². The summed E-state index contributed by atoms with van der Waals surface area (Å²) in [5, 5.41) is 3.35. The Balaban J connectivity index is 2.19. The van der Waals surface area contributed by atoms with E-state index >= 15 is 0 Å². The van der Waals surface area contributed by atoms with Crippen molar-refractivity contribution in [2.75, 3.05) is 26.3 Å². The molecule has 1 atom stereocenters. The van der Waals surface area contributed by atoms with E-state index in [9.17, 15) is 0 Å². The van der Waals surface area contributed by atoms with Gasteiger partial charge in [0.15, 0.2) is 6.29 Å². The van der Waals surface area contributed by atoms with Gasteiger partial charge in [-0.15, -0.1) is 0 Å². The smallest absolute Gasteiger partial charge is 0.157 e. The van der Waals surface area contributed by atoms with Crippen molar-refractivity contribution in [3.8, 4) is 0 Å². The summed E-state index contributed by atoms with van der Waals surface area (Å²) >= 11 is 0. The zero-order chi connectivity index (χ0) is 9.52. The Bertz CT molecular complexity index is 118. The summed E-state index contributed by atoms with van der Waals surface area (Å²) in [5.41, 5.74) is 0. The molecule has 0 aromatic heterocycles. The summed E-state index contributed by atoms with van der Waals surface area (Å²) in [6.45, 7) is 7.78. The van der Waals surface area contributed by atoms with Crippen molar-refractivity contribution in [2.45, 2.75) is 33.0 Å². The molecule has 1 aliphatic heterocycles. The fourth-order valence-corrected chi connectivity index (χ4v) is 1.74. The highest BCUT2D eigenvalue weighted by Gasteiger charge is 2.19. The van der Waals surface area contributed by atoms with Gasteiger partial charge in [0.2, 0.25) is 0 Å². The third-order valence-electron chi connectivity index (χ3n) is 2.39. The summed E-state index contributed by atoms with van der Waals surface area (Å²) in [5.74, 6) is 0.739. The molecule has 0 radical (unpaired) electrons. The normalized spacial score (nSPS) is 22.8. The van der Waals surface area contributed by atoms with Gasteiger partial charge in [-0.25, -0.2) is 0 Å². The first-order chi connectivity index (χ1) is 6.36. The Hall–Kier alpha value is -0.120. The van der Waals surface area contributed by atoms with E-state index in [0.29, 0.717) is 0 Å². The average molecular weight is 187 g/mol. The summed E-state index contributed by atoms with van der Waals surface area (Å²) in [7, 11) is 0. The topological polar surface area (TPSA) is 30.5 Å². The van der Waals surface area contributed by atoms with Gasteiger partial charge in [-0.1, -0.05) is 0 Å². The molecule has 1 saturated heterocycles. The van der Waals surface area contributed by atoms with Crippen LogP contribution in [0.1, 0.15) is 26.7 Å². The van der Waals surface area contributed by atoms with Gasteiger partial charge in [0.05, 0.1) is 0 Å². The van der Waals surface area contributed by atoms with Crippen molar-refractivity contribution >= 4 is 0 Å². The lowest BCUT2D eigenvalue weighted by Crippen LogP contribution is -2.22. The highest BCUT2D eigenvalue weighted by atomic mass is 16.7. The first kappa shape index (κ1) is 11.0. The van der Waals surface area contributed by atoms with Crippen molar-refractivity contribution in [2.24, 2.45) is 5.92 Å². The second-order valence-electron chi connectivity index (χ2n) is 3.43. The van der Waals surface area contributed by atoms with Crippen LogP contribution in [0.5, 0.6) is 0 Å². The van der Waals surface area contributed by atoms with Crippen LogP contribution in [0.2, 0.25) is 0 Å². The van der Waals surface area contributed by atoms with Crippen LogP contribution < -0.4 is 5.32 Å². The van der Waals surface area contributed by atoms with Gasteiger partial charge < -0.3 is 14.8 Å². The average Bonchev–Trinajstić information content (AvgIpc) is 2.58. The van der Waals surface area contributed by atoms with Crippen LogP contribution in [0.25, 0.3) is 0 Å².